The van der Waals surface area contributed by atoms with Crippen LogP contribution in [0.4, 0.5) is 0 Å². The molecule has 0 heterocycles. The van der Waals surface area contributed by atoms with Gasteiger partial charge in [-0.2, -0.15) is 0 Å². The zero-order chi connectivity index (χ0) is 15.3. The summed E-state index contributed by atoms with van der Waals surface area (Å²) in [6.45, 7) is 11.7. The largest absolute Gasteiger partial charge is 0.435 e. The second-order valence-corrected chi connectivity index (χ2v) is 4.69. The lowest BCUT2D eigenvalue weighted by molar-refractivity contribution is -0.140. The first-order valence-corrected chi connectivity index (χ1v) is 6.04. The molecule has 0 fully saturated rings. The number of unbranched alkanes of at least 4 members (excludes halogenated alkanes) is 1. The Hall–Kier alpha value is -1.62. The summed E-state index contributed by atoms with van der Waals surface area (Å²) < 4.78 is 8.98. The lowest BCUT2D eigenvalue weighted by Gasteiger charge is -2.04. The van der Waals surface area contributed by atoms with E-state index >= 15 is 0 Å². The van der Waals surface area contributed by atoms with Crippen LogP contribution < -0.4 is 0 Å². The Kier molecular flexibility index (Phi) is 11.9. The average molecular weight is 272 g/mol. The molecule has 0 bridgehead atoms. The molecule has 0 aromatic rings. The van der Waals surface area contributed by atoms with Gasteiger partial charge in [0.25, 0.3) is 0 Å². The molecule has 0 radical (unpaired) electrons. The van der Waals surface area contributed by atoms with Gasteiger partial charge < -0.3 is 14.6 Å². The van der Waals surface area contributed by atoms with E-state index in [4.69, 9.17) is 5.11 Å². The van der Waals surface area contributed by atoms with Crippen LogP contribution in [0, 0.1) is 0 Å². The van der Waals surface area contributed by atoms with E-state index in [9.17, 15) is 9.59 Å². The molecule has 0 aromatic carbocycles. The summed E-state index contributed by atoms with van der Waals surface area (Å²) in [5.74, 6) is -0.672. The second-order valence-electron chi connectivity index (χ2n) is 4.69. The summed E-state index contributed by atoms with van der Waals surface area (Å²) in [6, 6.07) is 0. The third kappa shape index (κ3) is 26.2. The van der Waals surface area contributed by atoms with E-state index in [2.05, 4.69) is 22.6 Å². The van der Waals surface area contributed by atoms with Gasteiger partial charge >= 0.3 is 11.9 Å². The lowest BCUT2D eigenvalue weighted by Crippen LogP contribution is -2.10. The van der Waals surface area contributed by atoms with Gasteiger partial charge in [0, 0.05) is 12.8 Å². The molecule has 0 aliphatic rings. The summed E-state index contributed by atoms with van der Waals surface area (Å²) in [5, 5.41) is 8.52. The third-order valence-corrected chi connectivity index (χ3v) is 1.44. The molecule has 0 amide bonds. The predicted octanol–water partition coefficient (Wildman–Crippen LogP) is 2.70. The quantitative estimate of drug-likeness (QED) is 0.438. The van der Waals surface area contributed by atoms with E-state index in [1.807, 2.05) is 0 Å². The second kappa shape index (κ2) is 11.5. The monoisotopic (exact) mass is 272 g/mol. The Morgan fingerprint density at radius 3 is 1.47 bits per heavy atom. The first-order chi connectivity index (χ1) is 8.70. The molecule has 0 aromatic heterocycles. The van der Waals surface area contributed by atoms with Crippen molar-refractivity contribution in [2.24, 2.45) is 0 Å². The number of esters is 2. The Morgan fingerprint density at radius 1 is 1.00 bits per heavy atom. The predicted molar refractivity (Wildman–Crippen MR) is 73.0 cm³/mol. The molecule has 0 saturated heterocycles. The van der Waals surface area contributed by atoms with Crippen LogP contribution in [0.5, 0.6) is 0 Å². The van der Waals surface area contributed by atoms with Gasteiger partial charge in [-0.05, 0) is 33.6 Å². The van der Waals surface area contributed by atoms with Crippen molar-refractivity contribution >= 4 is 11.9 Å². The minimum absolute atomic E-state index is 0.285. The summed E-state index contributed by atoms with van der Waals surface area (Å²) in [7, 11) is 0. The summed E-state index contributed by atoms with van der Waals surface area (Å²) in [5.41, 5.74) is -0.500. The van der Waals surface area contributed by atoms with Crippen LogP contribution in [0.15, 0.2) is 25.7 Å². The molecule has 5 nitrogen and oxygen atoms in total. The molecular formula is C14H24O5. The average Bonchev–Trinajstić information content (AvgIpc) is 2.23. The van der Waals surface area contributed by atoms with Crippen LogP contribution in [-0.4, -0.2) is 22.6 Å². The van der Waals surface area contributed by atoms with Gasteiger partial charge in [0.1, 0.15) is 0 Å². The van der Waals surface area contributed by atoms with E-state index in [0.29, 0.717) is 12.8 Å². The maximum atomic E-state index is 10.8. The van der Waals surface area contributed by atoms with Gasteiger partial charge in [-0.3, -0.25) is 9.59 Å². The van der Waals surface area contributed by atoms with Gasteiger partial charge in [-0.1, -0.05) is 13.2 Å². The smallest absolute Gasteiger partial charge is 0.310 e. The Labute approximate surface area is 114 Å². The van der Waals surface area contributed by atoms with Crippen molar-refractivity contribution < 1.29 is 24.2 Å². The third-order valence-electron chi connectivity index (χ3n) is 1.44. The van der Waals surface area contributed by atoms with Crippen molar-refractivity contribution in [2.45, 2.75) is 52.1 Å². The summed E-state index contributed by atoms with van der Waals surface area (Å²) >= 11 is 0. The first kappa shape index (κ1) is 19.7. The van der Waals surface area contributed by atoms with Crippen molar-refractivity contribution in [2.75, 3.05) is 0 Å². The molecule has 0 spiro atoms. The minimum Gasteiger partial charge on any atom is -0.435 e. The van der Waals surface area contributed by atoms with Gasteiger partial charge in [0.2, 0.25) is 0 Å². The number of hydrogen-bond donors (Lipinski definition) is 1. The topological polar surface area (TPSA) is 72.8 Å². The Balaban J connectivity index is 0. The molecule has 0 rings (SSSR count). The number of carbonyl (C=O) groups is 2. The summed E-state index contributed by atoms with van der Waals surface area (Å²) in [6.07, 6.45) is 3.95. The molecule has 0 saturated carbocycles. The van der Waals surface area contributed by atoms with E-state index in [1.54, 1.807) is 20.8 Å². The molecular weight excluding hydrogens is 248 g/mol. The Morgan fingerprint density at radius 2 is 1.26 bits per heavy atom. The van der Waals surface area contributed by atoms with Gasteiger partial charge in [0.15, 0.2) is 0 Å². The van der Waals surface area contributed by atoms with Crippen molar-refractivity contribution in [3.8, 4) is 0 Å². The molecule has 110 valence electrons. The maximum absolute atomic E-state index is 10.8. The number of ether oxygens (including phenoxy) is 2. The van der Waals surface area contributed by atoms with Crippen LogP contribution in [0.1, 0.15) is 46.5 Å². The van der Waals surface area contributed by atoms with Crippen LogP contribution in [0.3, 0.4) is 0 Å². The molecule has 0 aliphatic heterocycles. The normalized spacial score (nSPS) is 9.68. The minimum atomic E-state index is -0.500. The fourth-order valence-corrected chi connectivity index (χ4v) is 0.842. The van der Waals surface area contributed by atoms with Crippen molar-refractivity contribution in [1.29, 1.82) is 0 Å². The molecule has 0 atom stereocenters. The zero-order valence-corrected chi connectivity index (χ0v) is 12.0. The first-order valence-electron chi connectivity index (χ1n) is 6.04. The highest BCUT2D eigenvalue weighted by atomic mass is 16.5. The van der Waals surface area contributed by atoms with Crippen LogP contribution >= 0.6 is 0 Å². The number of carbonyl (C=O) groups excluding carboxylic acids is 2. The molecule has 5 heteroatoms. The SMILES string of the molecule is C=COC(=O)CCCCC(=O)OC=C.CC(C)(C)O. The highest BCUT2D eigenvalue weighted by molar-refractivity contribution is 5.71. The molecule has 1 N–H and O–H groups in total. The van der Waals surface area contributed by atoms with Crippen molar-refractivity contribution in [3.63, 3.8) is 0 Å². The van der Waals surface area contributed by atoms with E-state index < -0.39 is 5.60 Å². The van der Waals surface area contributed by atoms with E-state index in [0.717, 1.165) is 12.5 Å². The number of hydrogen-bond acceptors (Lipinski definition) is 5. The standard InChI is InChI=1S/C10H14O4.C4H10O/c1-3-13-9(11)7-5-6-8-10(12)14-4-2;1-4(2,3)5/h3-4H,1-2,5-8H2;5H,1-3H3. The number of rotatable bonds is 7. The molecule has 19 heavy (non-hydrogen) atoms. The van der Waals surface area contributed by atoms with E-state index in [1.165, 1.54) is 0 Å². The lowest BCUT2D eigenvalue weighted by atomic mass is 10.2. The van der Waals surface area contributed by atoms with Crippen molar-refractivity contribution in [3.05, 3.63) is 25.7 Å². The number of aliphatic hydroxyl groups is 1. The highest BCUT2D eigenvalue weighted by Gasteiger charge is 2.03. The van der Waals surface area contributed by atoms with Crippen LogP contribution in [0.25, 0.3) is 0 Å². The molecule has 0 aliphatic carbocycles. The molecule has 0 unspecified atom stereocenters. The van der Waals surface area contributed by atoms with Gasteiger partial charge in [-0.15, -0.1) is 0 Å². The highest BCUT2D eigenvalue weighted by Crippen LogP contribution is 2.02. The van der Waals surface area contributed by atoms with Crippen molar-refractivity contribution in [1.82, 2.24) is 0 Å². The Bertz CT molecular complexity index is 259. The van der Waals surface area contributed by atoms with E-state index in [-0.39, 0.29) is 24.8 Å². The summed E-state index contributed by atoms with van der Waals surface area (Å²) in [4.78, 5) is 21.6. The zero-order valence-electron chi connectivity index (χ0n) is 12.0. The fourth-order valence-electron chi connectivity index (χ4n) is 0.842. The van der Waals surface area contributed by atoms with Gasteiger partial charge in [0.05, 0.1) is 18.1 Å². The maximum Gasteiger partial charge on any atom is 0.310 e. The van der Waals surface area contributed by atoms with Crippen LogP contribution in [0.2, 0.25) is 0 Å². The van der Waals surface area contributed by atoms with Gasteiger partial charge in [-0.25, -0.2) is 0 Å². The fraction of sp³-hybridized carbons (Fsp3) is 0.571. The van der Waals surface area contributed by atoms with Crippen LogP contribution in [-0.2, 0) is 19.1 Å².